The summed E-state index contributed by atoms with van der Waals surface area (Å²) in [6.45, 7) is 7.52. The molecule has 0 aliphatic heterocycles. The number of ether oxygens (including phenoxy) is 2. The van der Waals surface area contributed by atoms with Crippen molar-refractivity contribution >= 4 is 35.8 Å². The summed E-state index contributed by atoms with van der Waals surface area (Å²) in [5.74, 6) is -4.08. The Kier molecular flexibility index (Phi) is 20.9. The first-order chi connectivity index (χ1) is 18.5. The number of esters is 2. The highest BCUT2D eigenvalue weighted by Crippen LogP contribution is 2.29. The SMILES string of the molecule is CNC1CC(C(=O)OC(C)C)C1.CNC1CC(C(=O)OC(C)C)C1.O=C(O)CCC(=O)O.O=C(O)CCC(=O)O. The molecular weight excluding hydrogens is 532 g/mol. The van der Waals surface area contributed by atoms with Crippen molar-refractivity contribution in [3.05, 3.63) is 0 Å². The second kappa shape index (κ2) is 21.5. The molecule has 2 saturated carbocycles. The smallest absolute Gasteiger partial charge is 0.309 e. The first-order valence-electron chi connectivity index (χ1n) is 13.1. The van der Waals surface area contributed by atoms with Crippen LogP contribution in [0.5, 0.6) is 0 Å². The lowest BCUT2D eigenvalue weighted by molar-refractivity contribution is -0.157. The molecule has 0 heterocycles. The van der Waals surface area contributed by atoms with Gasteiger partial charge in [-0.3, -0.25) is 28.8 Å². The molecule has 0 saturated heterocycles. The van der Waals surface area contributed by atoms with Gasteiger partial charge in [0.05, 0.1) is 49.7 Å². The normalized spacial score (nSPS) is 20.4. The summed E-state index contributed by atoms with van der Waals surface area (Å²) < 4.78 is 10.2. The van der Waals surface area contributed by atoms with Gasteiger partial charge in [-0.2, -0.15) is 0 Å². The summed E-state index contributed by atoms with van der Waals surface area (Å²) >= 11 is 0. The predicted molar refractivity (Wildman–Crippen MR) is 143 cm³/mol. The van der Waals surface area contributed by atoms with E-state index in [2.05, 4.69) is 10.6 Å². The molecule has 232 valence electrons. The maximum absolute atomic E-state index is 11.2. The van der Waals surface area contributed by atoms with Crippen LogP contribution < -0.4 is 10.6 Å². The van der Waals surface area contributed by atoms with Crippen molar-refractivity contribution in [2.75, 3.05) is 14.1 Å². The first kappa shape index (κ1) is 38.9. The number of aliphatic carboxylic acids is 4. The van der Waals surface area contributed by atoms with Crippen LogP contribution in [-0.4, -0.2) is 94.6 Å². The van der Waals surface area contributed by atoms with E-state index in [1.54, 1.807) is 0 Å². The molecule has 0 bridgehead atoms. The standard InChI is InChI=1S/2C9H17NO2.2C4H6O4/c2*1-6(2)12-9(11)7-4-8(5-7)10-3;2*5-3(6)1-2-4(7)8/h2*6-8,10H,4-5H2,1-3H3;2*1-2H2,(H,5,6)(H,7,8). The van der Waals surface area contributed by atoms with Crippen molar-refractivity contribution in [3.8, 4) is 0 Å². The quantitative estimate of drug-likeness (QED) is 0.181. The molecule has 14 nitrogen and oxygen atoms in total. The lowest BCUT2D eigenvalue weighted by Gasteiger charge is -2.33. The molecule has 2 aliphatic rings. The highest BCUT2D eigenvalue weighted by atomic mass is 16.5. The predicted octanol–water partition coefficient (Wildman–Crippen LogP) is 1.74. The topological polar surface area (TPSA) is 226 Å². The molecule has 0 aromatic carbocycles. The number of carboxylic acid groups (broad SMARTS) is 4. The Labute approximate surface area is 234 Å². The Bertz CT molecular complexity index is 710. The van der Waals surface area contributed by atoms with Crippen molar-refractivity contribution < 1.29 is 58.7 Å². The van der Waals surface area contributed by atoms with Gasteiger partial charge in [-0.15, -0.1) is 0 Å². The first-order valence-corrected chi connectivity index (χ1v) is 13.1. The number of carbonyl (C=O) groups is 6. The molecule has 0 aromatic rings. The van der Waals surface area contributed by atoms with E-state index in [-0.39, 0.29) is 61.7 Å². The summed E-state index contributed by atoms with van der Waals surface area (Å²) in [6.07, 6.45) is 2.58. The van der Waals surface area contributed by atoms with Crippen LogP contribution in [0.1, 0.15) is 79.1 Å². The Hall–Kier alpha value is -3.26. The fourth-order valence-electron chi connectivity index (χ4n) is 3.18. The van der Waals surface area contributed by atoms with Gasteiger partial charge in [0.15, 0.2) is 0 Å². The number of rotatable bonds is 12. The van der Waals surface area contributed by atoms with E-state index in [0.29, 0.717) is 12.1 Å². The van der Waals surface area contributed by atoms with Crippen LogP contribution >= 0.6 is 0 Å². The van der Waals surface area contributed by atoms with E-state index in [1.165, 1.54) is 0 Å². The molecule has 6 N–H and O–H groups in total. The van der Waals surface area contributed by atoms with E-state index < -0.39 is 23.9 Å². The Balaban J connectivity index is 0. The van der Waals surface area contributed by atoms with Crippen molar-refractivity contribution in [2.45, 2.75) is 103 Å². The molecule has 0 radical (unpaired) electrons. The van der Waals surface area contributed by atoms with Crippen LogP contribution in [0.4, 0.5) is 0 Å². The van der Waals surface area contributed by atoms with E-state index in [4.69, 9.17) is 29.9 Å². The molecule has 2 aliphatic carbocycles. The summed E-state index contributed by atoms with van der Waals surface area (Å²) in [4.78, 5) is 61.1. The van der Waals surface area contributed by atoms with Crippen LogP contribution in [0.3, 0.4) is 0 Å². The zero-order chi connectivity index (χ0) is 31.4. The fourth-order valence-corrected chi connectivity index (χ4v) is 3.18. The van der Waals surface area contributed by atoms with Crippen LogP contribution in [-0.2, 0) is 38.2 Å². The lowest BCUT2D eigenvalue weighted by atomic mass is 9.80. The molecule has 2 fully saturated rings. The number of hydrogen-bond donors (Lipinski definition) is 6. The van der Waals surface area contributed by atoms with Gasteiger partial charge in [0.1, 0.15) is 0 Å². The van der Waals surface area contributed by atoms with Gasteiger partial charge in [-0.1, -0.05) is 0 Å². The lowest BCUT2D eigenvalue weighted by Crippen LogP contribution is -2.43. The number of carbonyl (C=O) groups excluding carboxylic acids is 2. The maximum atomic E-state index is 11.2. The molecule has 0 unspecified atom stereocenters. The van der Waals surface area contributed by atoms with Gasteiger partial charge in [0.2, 0.25) is 0 Å². The highest BCUT2D eigenvalue weighted by molar-refractivity contribution is 5.76. The molecule has 0 atom stereocenters. The van der Waals surface area contributed by atoms with E-state index in [0.717, 1.165) is 25.7 Å². The summed E-state index contributed by atoms with van der Waals surface area (Å²) in [7, 11) is 3.85. The Morgan fingerprint density at radius 1 is 0.575 bits per heavy atom. The average molecular weight is 579 g/mol. The minimum absolute atomic E-state index is 0.0196. The molecule has 40 heavy (non-hydrogen) atoms. The van der Waals surface area contributed by atoms with Gasteiger partial charge in [-0.05, 0) is 67.5 Å². The minimum atomic E-state index is -1.08. The van der Waals surface area contributed by atoms with Crippen molar-refractivity contribution in [1.82, 2.24) is 10.6 Å². The average Bonchev–Trinajstić information content (AvgIpc) is 2.75. The van der Waals surface area contributed by atoms with Gasteiger partial charge >= 0.3 is 35.8 Å². The van der Waals surface area contributed by atoms with E-state index in [1.807, 2.05) is 41.8 Å². The van der Waals surface area contributed by atoms with Gasteiger partial charge < -0.3 is 40.5 Å². The Morgan fingerprint density at radius 2 is 0.800 bits per heavy atom. The maximum Gasteiger partial charge on any atom is 0.309 e. The zero-order valence-corrected chi connectivity index (χ0v) is 24.2. The summed E-state index contributed by atoms with van der Waals surface area (Å²) in [5.41, 5.74) is 0. The fraction of sp³-hybridized carbons (Fsp3) is 0.769. The van der Waals surface area contributed by atoms with Crippen molar-refractivity contribution in [1.29, 1.82) is 0 Å². The van der Waals surface area contributed by atoms with Crippen LogP contribution in [0.25, 0.3) is 0 Å². The van der Waals surface area contributed by atoms with E-state index in [9.17, 15) is 28.8 Å². The third-order valence-corrected chi connectivity index (χ3v) is 5.57. The monoisotopic (exact) mass is 578 g/mol. The van der Waals surface area contributed by atoms with Crippen molar-refractivity contribution in [2.24, 2.45) is 11.8 Å². The summed E-state index contributed by atoms with van der Waals surface area (Å²) in [6, 6.07) is 1.05. The van der Waals surface area contributed by atoms with Crippen molar-refractivity contribution in [3.63, 3.8) is 0 Å². The minimum Gasteiger partial charge on any atom is -0.481 e. The molecule has 0 aromatic heterocycles. The highest BCUT2D eigenvalue weighted by Gasteiger charge is 2.35. The Morgan fingerprint density at radius 3 is 0.950 bits per heavy atom. The van der Waals surface area contributed by atoms with Gasteiger partial charge in [-0.25, -0.2) is 0 Å². The molecule has 0 spiro atoms. The van der Waals surface area contributed by atoms with Crippen LogP contribution in [0, 0.1) is 11.8 Å². The van der Waals surface area contributed by atoms with Gasteiger partial charge in [0, 0.05) is 12.1 Å². The van der Waals surface area contributed by atoms with E-state index >= 15 is 0 Å². The second-order valence-electron chi connectivity index (χ2n) is 9.85. The van der Waals surface area contributed by atoms with Gasteiger partial charge in [0.25, 0.3) is 0 Å². The summed E-state index contributed by atoms with van der Waals surface area (Å²) in [5, 5.41) is 37.9. The molecular formula is C26H46N2O12. The largest absolute Gasteiger partial charge is 0.481 e. The number of nitrogens with one attached hydrogen (secondary N) is 2. The number of hydrogen-bond acceptors (Lipinski definition) is 10. The van der Waals surface area contributed by atoms with Crippen LogP contribution in [0.15, 0.2) is 0 Å². The zero-order valence-electron chi connectivity index (χ0n) is 24.2. The molecule has 0 amide bonds. The molecule has 14 heteroatoms. The third-order valence-electron chi connectivity index (χ3n) is 5.57. The van der Waals surface area contributed by atoms with Crippen LogP contribution in [0.2, 0.25) is 0 Å². The third kappa shape index (κ3) is 21.6. The second-order valence-corrected chi connectivity index (χ2v) is 9.85. The number of carboxylic acids is 4. The molecule has 2 rings (SSSR count).